The first-order valence-corrected chi connectivity index (χ1v) is 6.13. The summed E-state index contributed by atoms with van der Waals surface area (Å²) < 4.78 is 0. The molecule has 18 heavy (non-hydrogen) atoms. The van der Waals surface area contributed by atoms with Crippen LogP contribution >= 0.6 is 0 Å². The Morgan fingerprint density at radius 3 is 1.78 bits per heavy atom. The maximum atomic E-state index is 5.64. The summed E-state index contributed by atoms with van der Waals surface area (Å²) >= 11 is 0. The fraction of sp³-hybridized carbons (Fsp3) is 0.200. The van der Waals surface area contributed by atoms with Gasteiger partial charge in [0.05, 0.1) is 0 Å². The number of hydrogen-bond donors (Lipinski definition) is 3. The van der Waals surface area contributed by atoms with Crippen LogP contribution in [0, 0.1) is 0 Å². The van der Waals surface area contributed by atoms with Gasteiger partial charge in [-0.3, -0.25) is 0 Å². The maximum Gasteiger partial charge on any atom is 0.0314 e. The van der Waals surface area contributed by atoms with Gasteiger partial charge in [-0.25, -0.2) is 0 Å². The van der Waals surface area contributed by atoms with Gasteiger partial charge in [0.2, 0.25) is 0 Å². The van der Waals surface area contributed by atoms with E-state index in [1.165, 1.54) is 11.1 Å². The van der Waals surface area contributed by atoms with E-state index in [0.717, 1.165) is 30.9 Å². The third kappa shape index (κ3) is 3.79. The SMILES string of the molecule is Nc1ccc(CCNCc2ccc(N)cc2)cc1. The summed E-state index contributed by atoms with van der Waals surface area (Å²) in [6.45, 7) is 1.82. The second kappa shape index (κ2) is 6.07. The van der Waals surface area contributed by atoms with Crippen molar-refractivity contribution in [3.05, 3.63) is 59.7 Å². The average Bonchev–Trinajstić information content (AvgIpc) is 2.39. The second-order valence-corrected chi connectivity index (χ2v) is 4.41. The van der Waals surface area contributed by atoms with Crippen LogP contribution in [0.1, 0.15) is 11.1 Å². The van der Waals surface area contributed by atoms with E-state index >= 15 is 0 Å². The summed E-state index contributed by atoms with van der Waals surface area (Å²) in [6.07, 6.45) is 1.01. The van der Waals surface area contributed by atoms with Crippen LogP contribution in [0.15, 0.2) is 48.5 Å². The molecule has 0 bridgehead atoms. The highest BCUT2D eigenvalue weighted by Gasteiger charge is 1.95. The molecule has 2 aromatic rings. The molecular formula is C15H19N3. The Morgan fingerprint density at radius 2 is 1.22 bits per heavy atom. The molecule has 0 heterocycles. The van der Waals surface area contributed by atoms with E-state index < -0.39 is 0 Å². The monoisotopic (exact) mass is 241 g/mol. The van der Waals surface area contributed by atoms with Crippen molar-refractivity contribution in [1.29, 1.82) is 0 Å². The maximum absolute atomic E-state index is 5.64. The molecule has 0 saturated carbocycles. The fourth-order valence-corrected chi connectivity index (χ4v) is 1.79. The lowest BCUT2D eigenvalue weighted by Gasteiger charge is -2.06. The van der Waals surface area contributed by atoms with Crippen LogP contribution in [-0.2, 0) is 13.0 Å². The van der Waals surface area contributed by atoms with Gasteiger partial charge in [0.15, 0.2) is 0 Å². The van der Waals surface area contributed by atoms with E-state index in [9.17, 15) is 0 Å². The summed E-state index contributed by atoms with van der Waals surface area (Å²) in [5.74, 6) is 0. The second-order valence-electron chi connectivity index (χ2n) is 4.41. The molecule has 0 saturated heterocycles. The zero-order valence-electron chi connectivity index (χ0n) is 10.4. The molecule has 94 valence electrons. The van der Waals surface area contributed by atoms with E-state index in [-0.39, 0.29) is 0 Å². The van der Waals surface area contributed by atoms with E-state index in [1.54, 1.807) is 0 Å². The first kappa shape index (κ1) is 12.5. The number of benzene rings is 2. The predicted molar refractivity (Wildman–Crippen MR) is 77.1 cm³/mol. The Kier molecular flexibility index (Phi) is 4.20. The zero-order chi connectivity index (χ0) is 12.8. The smallest absolute Gasteiger partial charge is 0.0314 e. The van der Waals surface area contributed by atoms with Gasteiger partial charge in [-0.15, -0.1) is 0 Å². The average molecular weight is 241 g/mol. The molecule has 2 rings (SSSR count). The minimum Gasteiger partial charge on any atom is -0.399 e. The van der Waals surface area contributed by atoms with Crippen LogP contribution < -0.4 is 16.8 Å². The van der Waals surface area contributed by atoms with E-state index in [1.807, 2.05) is 36.4 Å². The molecule has 2 aromatic carbocycles. The third-order valence-electron chi connectivity index (χ3n) is 2.88. The predicted octanol–water partition coefficient (Wildman–Crippen LogP) is 2.18. The van der Waals surface area contributed by atoms with Crippen LogP contribution in [-0.4, -0.2) is 6.54 Å². The van der Waals surface area contributed by atoms with Crippen LogP contribution in [0.5, 0.6) is 0 Å². The molecule has 3 heteroatoms. The van der Waals surface area contributed by atoms with Crippen LogP contribution in [0.2, 0.25) is 0 Å². The Balaban J connectivity index is 1.73. The molecule has 0 spiro atoms. The van der Waals surface area contributed by atoms with Gasteiger partial charge in [0, 0.05) is 17.9 Å². The number of anilines is 2. The molecule has 0 aromatic heterocycles. The molecule has 0 unspecified atom stereocenters. The summed E-state index contributed by atoms with van der Waals surface area (Å²) in [5, 5.41) is 3.41. The van der Waals surface area contributed by atoms with Gasteiger partial charge >= 0.3 is 0 Å². The molecule has 0 aliphatic rings. The van der Waals surface area contributed by atoms with Gasteiger partial charge in [-0.1, -0.05) is 24.3 Å². The number of nitrogens with two attached hydrogens (primary N) is 2. The van der Waals surface area contributed by atoms with E-state index in [2.05, 4.69) is 17.4 Å². The first-order valence-electron chi connectivity index (χ1n) is 6.13. The summed E-state index contributed by atoms with van der Waals surface area (Å²) in [7, 11) is 0. The number of rotatable bonds is 5. The molecule has 0 radical (unpaired) electrons. The van der Waals surface area contributed by atoms with Crippen molar-refractivity contribution in [2.24, 2.45) is 0 Å². The van der Waals surface area contributed by atoms with Crippen molar-refractivity contribution in [3.8, 4) is 0 Å². The minimum atomic E-state index is 0.806. The lowest BCUT2D eigenvalue weighted by Crippen LogP contribution is -2.16. The summed E-state index contributed by atoms with van der Waals surface area (Å²) in [6, 6.07) is 16.0. The van der Waals surface area contributed by atoms with Gasteiger partial charge in [-0.2, -0.15) is 0 Å². The molecule has 0 amide bonds. The van der Waals surface area contributed by atoms with Crippen molar-refractivity contribution in [2.75, 3.05) is 18.0 Å². The van der Waals surface area contributed by atoms with Gasteiger partial charge in [0.25, 0.3) is 0 Å². The zero-order valence-corrected chi connectivity index (χ0v) is 10.4. The molecule has 0 fully saturated rings. The third-order valence-corrected chi connectivity index (χ3v) is 2.88. The van der Waals surface area contributed by atoms with Gasteiger partial charge in [0.1, 0.15) is 0 Å². The van der Waals surface area contributed by atoms with Gasteiger partial charge in [-0.05, 0) is 48.4 Å². The summed E-state index contributed by atoms with van der Waals surface area (Å²) in [5.41, 5.74) is 15.5. The minimum absolute atomic E-state index is 0.806. The Labute approximate surface area is 108 Å². The Bertz CT molecular complexity index is 427. The number of nitrogen functional groups attached to an aromatic ring is 2. The summed E-state index contributed by atoms with van der Waals surface area (Å²) in [4.78, 5) is 0. The normalized spacial score (nSPS) is 10.4. The fourth-order valence-electron chi connectivity index (χ4n) is 1.79. The molecular weight excluding hydrogens is 222 g/mol. The molecule has 0 aliphatic carbocycles. The highest BCUT2D eigenvalue weighted by Crippen LogP contribution is 2.06. The van der Waals surface area contributed by atoms with Gasteiger partial charge < -0.3 is 16.8 Å². The molecule has 0 aliphatic heterocycles. The highest BCUT2D eigenvalue weighted by atomic mass is 14.8. The topological polar surface area (TPSA) is 64.1 Å². The number of nitrogens with one attached hydrogen (secondary N) is 1. The van der Waals surface area contributed by atoms with Crippen molar-refractivity contribution in [3.63, 3.8) is 0 Å². The van der Waals surface area contributed by atoms with Crippen molar-refractivity contribution in [2.45, 2.75) is 13.0 Å². The van der Waals surface area contributed by atoms with Crippen LogP contribution in [0.3, 0.4) is 0 Å². The lowest BCUT2D eigenvalue weighted by atomic mass is 10.1. The first-order chi connectivity index (χ1) is 8.74. The van der Waals surface area contributed by atoms with Crippen molar-refractivity contribution >= 4 is 11.4 Å². The van der Waals surface area contributed by atoms with E-state index in [0.29, 0.717) is 0 Å². The number of hydrogen-bond acceptors (Lipinski definition) is 3. The molecule has 0 atom stereocenters. The van der Waals surface area contributed by atoms with Crippen molar-refractivity contribution in [1.82, 2.24) is 5.32 Å². The van der Waals surface area contributed by atoms with Crippen molar-refractivity contribution < 1.29 is 0 Å². The molecule has 3 nitrogen and oxygen atoms in total. The Hall–Kier alpha value is -2.00. The quantitative estimate of drug-likeness (QED) is 0.555. The van der Waals surface area contributed by atoms with Crippen LogP contribution in [0.4, 0.5) is 11.4 Å². The largest absolute Gasteiger partial charge is 0.399 e. The highest BCUT2D eigenvalue weighted by molar-refractivity contribution is 5.40. The van der Waals surface area contributed by atoms with Crippen LogP contribution in [0.25, 0.3) is 0 Å². The lowest BCUT2D eigenvalue weighted by molar-refractivity contribution is 0.687. The molecule has 5 N–H and O–H groups in total. The Morgan fingerprint density at radius 1 is 0.722 bits per heavy atom. The standard InChI is InChI=1S/C15H19N3/c16-14-5-1-12(2-6-14)9-10-18-11-13-3-7-15(17)8-4-13/h1-8,18H,9-11,16-17H2. The van der Waals surface area contributed by atoms with E-state index in [4.69, 9.17) is 11.5 Å².